The molecule has 1 atom stereocenters. The molecule has 1 saturated heterocycles. The molecule has 1 N–H and O–H groups in total. The Morgan fingerprint density at radius 3 is 2.61 bits per heavy atom. The fourth-order valence-electron chi connectivity index (χ4n) is 4.26. The van der Waals surface area contributed by atoms with Crippen molar-refractivity contribution in [3.05, 3.63) is 93.5 Å². The van der Waals surface area contributed by atoms with E-state index in [0.717, 1.165) is 22.3 Å². The maximum atomic E-state index is 11.6. The zero-order valence-corrected chi connectivity index (χ0v) is 19.7. The minimum atomic E-state index is -0.855. The van der Waals surface area contributed by atoms with Crippen molar-refractivity contribution in [2.45, 2.75) is 26.4 Å². The van der Waals surface area contributed by atoms with Crippen LogP contribution in [0.25, 0.3) is 23.3 Å². The van der Waals surface area contributed by atoms with Gasteiger partial charge in [0.2, 0.25) is 0 Å². The number of benzene rings is 3. The van der Waals surface area contributed by atoms with Crippen molar-refractivity contribution >= 4 is 29.7 Å². The first-order valence-corrected chi connectivity index (χ1v) is 11.5. The number of carbonyl (C=O) groups is 1. The van der Waals surface area contributed by atoms with E-state index in [1.807, 2.05) is 30.0 Å². The summed E-state index contributed by atoms with van der Waals surface area (Å²) in [4.78, 5) is 13.5. The first-order valence-electron chi connectivity index (χ1n) is 11.1. The van der Waals surface area contributed by atoms with Crippen LogP contribution in [-0.4, -0.2) is 41.8 Å². The molecule has 0 radical (unpaired) electrons. The zero-order chi connectivity index (χ0) is 23.4. The molecular formula is C28H28ClNO3. The molecule has 0 amide bonds. The smallest absolute Gasteiger partial charge is 0.323 e. The summed E-state index contributed by atoms with van der Waals surface area (Å²) < 4.78 is 5.35. The van der Waals surface area contributed by atoms with Crippen molar-refractivity contribution < 1.29 is 14.6 Å². The van der Waals surface area contributed by atoms with Gasteiger partial charge in [-0.05, 0) is 58.9 Å². The Morgan fingerprint density at radius 1 is 1.09 bits per heavy atom. The number of rotatable bonds is 6. The second kappa shape index (κ2) is 10.3. The first-order chi connectivity index (χ1) is 15.9. The van der Waals surface area contributed by atoms with E-state index in [1.165, 1.54) is 16.7 Å². The van der Waals surface area contributed by atoms with Gasteiger partial charge in [0.15, 0.2) is 0 Å². The van der Waals surface area contributed by atoms with Crippen LogP contribution in [0.2, 0.25) is 5.02 Å². The number of nitrogens with zero attached hydrogens (tertiary/aromatic N) is 1. The third-order valence-electron chi connectivity index (χ3n) is 6.26. The highest BCUT2D eigenvalue weighted by Crippen LogP contribution is 2.29. The lowest BCUT2D eigenvalue weighted by Crippen LogP contribution is -2.49. The molecule has 1 aliphatic rings. The highest BCUT2D eigenvalue weighted by atomic mass is 35.5. The molecule has 4 rings (SSSR count). The van der Waals surface area contributed by atoms with Gasteiger partial charge in [-0.2, -0.15) is 0 Å². The summed E-state index contributed by atoms with van der Waals surface area (Å²) in [6.07, 6.45) is 4.15. The Labute approximate surface area is 200 Å². The van der Waals surface area contributed by atoms with E-state index < -0.39 is 12.0 Å². The van der Waals surface area contributed by atoms with Crippen LogP contribution in [0.5, 0.6) is 0 Å². The quantitative estimate of drug-likeness (QED) is 0.452. The lowest BCUT2D eigenvalue weighted by molar-refractivity contribution is -0.150. The number of hydrogen-bond acceptors (Lipinski definition) is 3. The van der Waals surface area contributed by atoms with Crippen LogP contribution >= 0.6 is 11.6 Å². The van der Waals surface area contributed by atoms with Gasteiger partial charge in [0.1, 0.15) is 6.04 Å². The third kappa shape index (κ3) is 5.36. The maximum Gasteiger partial charge on any atom is 0.323 e. The van der Waals surface area contributed by atoms with Gasteiger partial charge in [0.25, 0.3) is 0 Å². The first kappa shape index (κ1) is 23.2. The monoisotopic (exact) mass is 461 g/mol. The summed E-state index contributed by atoms with van der Waals surface area (Å²) in [5, 5.41) is 10.1. The number of aliphatic carboxylic acids is 1. The summed E-state index contributed by atoms with van der Waals surface area (Å²) in [5.74, 6) is -0.855. The number of carboxylic acid groups (broad SMARTS) is 1. The number of aryl methyl sites for hydroxylation is 1. The topological polar surface area (TPSA) is 49.8 Å². The molecule has 5 heteroatoms. The van der Waals surface area contributed by atoms with Crippen molar-refractivity contribution in [2.24, 2.45) is 0 Å². The number of ether oxygens (including phenoxy) is 1. The molecular weight excluding hydrogens is 434 g/mol. The Balaban J connectivity index is 1.56. The number of carboxylic acids is 1. The fraction of sp³-hybridized carbons (Fsp3) is 0.250. The fourth-order valence-corrected chi connectivity index (χ4v) is 4.51. The number of hydrogen-bond donors (Lipinski definition) is 1. The normalized spacial score (nSPS) is 16.9. The highest BCUT2D eigenvalue weighted by Gasteiger charge is 2.29. The Morgan fingerprint density at radius 2 is 1.85 bits per heavy atom. The largest absolute Gasteiger partial charge is 0.480 e. The lowest BCUT2D eigenvalue weighted by atomic mass is 9.95. The van der Waals surface area contributed by atoms with E-state index >= 15 is 0 Å². The lowest BCUT2D eigenvalue weighted by Gasteiger charge is -2.33. The average molecular weight is 462 g/mol. The molecule has 3 aromatic carbocycles. The van der Waals surface area contributed by atoms with Crippen molar-refractivity contribution in [1.29, 1.82) is 0 Å². The van der Waals surface area contributed by atoms with Gasteiger partial charge in [-0.1, -0.05) is 78.4 Å². The Kier molecular flexibility index (Phi) is 7.29. The summed E-state index contributed by atoms with van der Waals surface area (Å²) in [5.41, 5.74) is 7.85. The Hall–Kier alpha value is -2.92. The van der Waals surface area contributed by atoms with Gasteiger partial charge in [0, 0.05) is 18.1 Å². The predicted molar refractivity (Wildman–Crippen MR) is 134 cm³/mol. The van der Waals surface area contributed by atoms with Gasteiger partial charge in [-0.15, -0.1) is 0 Å². The van der Waals surface area contributed by atoms with Gasteiger partial charge in [0.05, 0.1) is 13.2 Å². The molecule has 1 aliphatic heterocycles. The van der Waals surface area contributed by atoms with Crippen LogP contribution in [-0.2, 0) is 16.1 Å². The second-order valence-electron chi connectivity index (χ2n) is 8.42. The number of halogens is 1. The average Bonchev–Trinajstić information content (AvgIpc) is 2.82. The van der Waals surface area contributed by atoms with Crippen molar-refractivity contribution in [2.75, 3.05) is 19.8 Å². The molecule has 0 saturated carbocycles. The molecule has 1 heterocycles. The van der Waals surface area contributed by atoms with Gasteiger partial charge in [-0.25, -0.2) is 0 Å². The predicted octanol–water partition coefficient (Wildman–Crippen LogP) is 6.08. The van der Waals surface area contributed by atoms with Gasteiger partial charge in [-0.3, -0.25) is 9.69 Å². The van der Waals surface area contributed by atoms with E-state index in [9.17, 15) is 9.90 Å². The summed E-state index contributed by atoms with van der Waals surface area (Å²) >= 11 is 6.64. The summed E-state index contributed by atoms with van der Waals surface area (Å²) in [7, 11) is 0. The third-order valence-corrected chi connectivity index (χ3v) is 6.58. The van der Waals surface area contributed by atoms with Crippen LogP contribution < -0.4 is 0 Å². The van der Waals surface area contributed by atoms with E-state index in [0.29, 0.717) is 24.7 Å². The summed E-state index contributed by atoms with van der Waals surface area (Å²) in [6, 6.07) is 20.1. The molecule has 33 heavy (non-hydrogen) atoms. The van der Waals surface area contributed by atoms with E-state index in [4.69, 9.17) is 16.3 Å². The van der Waals surface area contributed by atoms with E-state index in [2.05, 4.69) is 61.5 Å². The van der Waals surface area contributed by atoms with Crippen LogP contribution in [0.15, 0.2) is 60.7 Å². The minimum absolute atomic E-state index is 0.213. The molecule has 1 fully saturated rings. The maximum absolute atomic E-state index is 11.6. The highest BCUT2D eigenvalue weighted by molar-refractivity contribution is 6.32. The van der Waals surface area contributed by atoms with Crippen LogP contribution in [0, 0.1) is 13.8 Å². The molecule has 0 aromatic heterocycles. The molecule has 0 bridgehead atoms. The van der Waals surface area contributed by atoms with Crippen molar-refractivity contribution in [1.82, 2.24) is 4.90 Å². The van der Waals surface area contributed by atoms with Crippen LogP contribution in [0.1, 0.15) is 27.8 Å². The molecule has 3 aromatic rings. The minimum Gasteiger partial charge on any atom is -0.480 e. The SMILES string of the molecule is Cc1cc(/C=C/c2cccc(-c3ccccc3)c2C)c(Cl)cc1CN1CCOC[C@H]1C(=O)O. The number of morpholine rings is 1. The van der Waals surface area contributed by atoms with Crippen molar-refractivity contribution in [3.8, 4) is 11.1 Å². The molecule has 170 valence electrons. The van der Waals surface area contributed by atoms with E-state index in [-0.39, 0.29) is 6.61 Å². The zero-order valence-electron chi connectivity index (χ0n) is 18.9. The molecule has 0 spiro atoms. The van der Waals surface area contributed by atoms with Crippen molar-refractivity contribution in [3.63, 3.8) is 0 Å². The standard InChI is InChI=1S/C28H28ClNO3/c1-19-15-23(26(29)16-24(19)17-30-13-14-33-18-27(30)28(31)32)12-11-21-9-6-10-25(20(21)2)22-7-4-3-5-8-22/h3-12,15-16,27H,13-14,17-18H2,1-2H3,(H,31,32)/b12-11+/t27-/m0/s1. The van der Waals surface area contributed by atoms with Crippen LogP contribution in [0.3, 0.4) is 0 Å². The Bertz CT molecular complexity index is 1170. The van der Waals surface area contributed by atoms with Gasteiger partial charge < -0.3 is 9.84 Å². The molecule has 0 unspecified atom stereocenters. The summed E-state index contributed by atoms with van der Waals surface area (Å²) in [6.45, 7) is 6.06. The second-order valence-corrected chi connectivity index (χ2v) is 8.83. The molecule has 0 aliphatic carbocycles. The van der Waals surface area contributed by atoms with Crippen LogP contribution in [0.4, 0.5) is 0 Å². The molecule has 4 nitrogen and oxygen atoms in total. The van der Waals surface area contributed by atoms with E-state index in [1.54, 1.807) is 0 Å². The van der Waals surface area contributed by atoms with Gasteiger partial charge >= 0.3 is 5.97 Å².